The van der Waals surface area contributed by atoms with Crippen molar-refractivity contribution in [2.45, 2.75) is 24.9 Å². The fraction of sp³-hybridized carbons (Fsp3) is 0.294. The summed E-state index contributed by atoms with van der Waals surface area (Å²) in [5, 5.41) is 1.94. The zero-order valence-corrected chi connectivity index (χ0v) is 24.3. The normalized spacial score (nSPS) is 22.0. The number of aromatic nitrogens is 1. The van der Waals surface area contributed by atoms with Crippen molar-refractivity contribution in [1.29, 1.82) is 0 Å². The number of amides is 1. The number of nitrogens with zero attached hydrogens (tertiary/aromatic N) is 4. The van der Waals surface area contributed by atoms with Crippen LogP contribution in [0.5, 0.6) is 5.75 Å². The zero-order valence-electron chi connectivity index (χ0n) is 24.3. The van der Waals surface area contributed by atoms with Crippen LogP contribution in [0.15, 0.2) is 83.8 Å². The fourth-order valence-corrected chi connectivity index (χ4v) is 7.11. The predicted molar refractivity (Wildman–Crippen MR) is 161 cm³/mol. The average molecular weight is 613 g/mol. The molecule has 0 N–H and O–H groups in total. The minimum absolute atomic E-state index is 0.0699. The molecule has 11 heteroatoms. The monoisotopic (exact) mass is 612 g/mol. The second-order valence-electron chi connectivity index (χ2n) is 11.5. The van der Waals surface area contributed by atoms with Gasteiger partial charge in [0.05, 0.1) is 32.5 Å². The van der Waals surface area contributed by atoms with Crippen LogP contribution >= 0.6 is 0 Å². The van der Waals surface area contributed by atoms with Crippen LogP contribution in [0.3, 0.4) is 0 Å². The number of hydrogen-bond acceptors (Lipinski definition) is 7. The maximum absolute atomic E-state index is 16.0. The highest BCUT2D eigenvalue weighted by atomic mass is 19.2. The van der Waals surface area contributed by atoms with Crippen LogP contribution in [0.4, 0.5) is 14.5 Å². The lowest BCUT2D eigenvalue weighted by Gasteiger charge is -2.51. The topological polar surface area (TPSA) is 76.5 Å². The molecule has 3 atom stereocenters. The quantitative estimate of drug-likeness (QED) is 0.343. The van der Waals surface area contributed by atoms with E-state index < -0.39 is 35.3 Å². The van der Waals surface area contributed by atoms with Crippen molar-refractivity contribution in [1.82, 2.24) is 9.58 Å². The van der Waals surface area contributed by atoms with Gasteiger partial charge in [0.25, 0.3) is 5.91 Å². The Morgan fingerprint density at radius 3 is 2.42 bits per heavy atom. The van der Waals surface area contributed by atoms with E-state index in [9.17, 15) is 14.0 Å². The molecule has 5 heterocycles. The maximum Gasteiger partial charge on any atom is 0.278 e. The second kappa shape index (κ2) is 11.0. The molecule has 4 aromatic rings. The molecule has 0 bridgehead atoms. The Balaban J connectivity index is 1.37. The first-order chi connectivity index (χ1) is 22.0. The van der Waals surface area contributed by atoms with E-state index in [1.54, 1.807) is 21.8 Å². The SMILES string of the molecule is O=C1c2c(OCc3ccccc3)c(=O)ccn2N(C2c3ccccc3N3CCOCC3c3c2ccc(F)c3F)C2COCCN12. The largest absolute Gasteiger partial charge is 0.482 e. The van der Waals surface area contributed by atoms with Gasteiger partial charge in [-0.15, -0.1) is 0 Å². The van der Waals surface area contributed by atoms with Crippen molar-refractivity contribution < 1.29 is 27.8 Å². The number of anilines is 1. The van der Waals surface area contributed by atoms with E-state index in [1.165, 1.54) is 6.07 Å². The maximum atomic E-state index is 16.0. The number of morpholine rings is 2. The molecule has 45 heavy (non-hydrogen) atoms. The molecule has 9 nitrogen and oxygen atoms in total. The van der Waals surface area contributed by atoms with Gasteiger partial charge in [0.1, 0.15) is 18.8 Å². The number of rotatable bonds is 4. The van der Waals surface area contributed by atoms with E-state index in [0.717, 1.165) is 22.9 Å². The van der Waals surface area contributed by atoms with Crippen molar-refractivity contribution in [3.05, 3.63) is 129 Å². The number of fused-ring (bicyclic) bond motifs is 7. The van der Waals surface area contributed by atoms with Gasteiger partial charge < -0.3 is 24.0 Å². The van der Waals surface area contributed by atoms with Gasteiger partial charge in [-0.05, 0) is 23.3 Å². The van der Waals surface area contributed by atoms with Crippen LogP contribution in [0.2, 0.25) is 0 Å². The number of hydrogen-bond donors (Lipinski definition) is 0. The second-order valence-corrected chi connectivity index (χ2v) is 11.5. The average Bonchev–Trinajstić information content (AvgIpc) is 3.20. The highest BCUT2D eigenvalue weighted by molar-refractivity contribution is 5.96. The summed E-state index contributed by atoms with van der Waals surface area (Å²) < 4.78 is 50.5. The minimum Gasteiger partial charge on any atom is -0.482 e. The van der Waals surface area contributed by atoms with Crippen molar-refractivity contribution in [2.24, 2.45) is 0 Å². The van der Waals surface area contributed by atoms with E-state index in [0.29, 0.717) is 25.3 Å². The Kier molecular flexibility index (Phi) is 6.80. The molecule has 0 aliphatic carbocycles. The van der Waals surface area contributed by atoms with Gasteiger partial charge in [0.2, 0.25) is 5.43 Å². The smallest absolute Gasteiger partial charge is 0.278 e. The molecule has 0 saturated carbocycles. The summed E-state index contributed by atoms with van der Waals surface area (Å²) in [4.78, 5) is 31.3. The number of carbonyl (C=O) groups is 1. The Bertz CT molecular complexity index is 1850. The Labute approximate surface area is 257 Å². The van der Waals surface area contributed by atoms with E-state index in [2.05, 4.69) is 4.90 Å². The lowest BCUT2D eigenvalue weighted by Crippen LogP contribution is -2.66. The molecule has 0 radical (unpaired) electrons. The number of carbonyl (C=O) groups excluding carboxylic acids is 1. The van der Waals surface area contributed by atoms with Gasteiger partial charge in [-0.25, -0.2) is 8.78 Å². The lowest BCUT2D eigenvalue weighted by molar-refractivity contribution is -0.0198. The van der Waals surface area contributed by atoms with Gasteiger partial charge in [-0.2, -0.15) is 0 Å². The van der Waals surface area contributed by atoms with E-state index >= 15 is 4.39 Å². The third-order valence-corrected chi connectivity index (χ3v) is 9.11. The number of para-hydroxylation sites is 1. The summed E-state index contributed by atoms with van der Waals surface area (Å²) >= 11 is 0. The molecule has 3 aromatic carbocycles. The molecule has 2 saturated heterocycles. The van der Waals surface area contributed by atoms with Crippen molar-refractivity contribution in [3.8, 4) is 5.75 Å². The Hall–Kier alpha value is -4.74. The van der Waals surface area contributed by atoms with E-state index in [-0.39, 0.29) is 49.3 Å². The first-order valence-corrected chi connectivity index (χ1v) is 15.0. The summed E-state index contributed by atoms with van der Waals surface area (Å²) in [7, 11) is 0. The van der Waals surface area contributed by atoms with Crippen molar-refractivity contribution in [2.75, 3.05) is 49.4 Å². The lowest BCUT2D eigenvalue weighted by atomic mass is 9.91. The standard InChI is InChI=1S/C34H30F2N4O5/c35-24-11-10-23-29(30(24)36)26-19-43-16-14-37(26)25-9-5-4-8-22(25)31(23)40-28-20-44-17-15-38(28)34(42)32-33(27(41)12-13-39(32)40)45-18-21-6-2-1-3-7-21/h1-13,26,28,31H,14-20H2. The van der Waals surface area contributed by atoms with Crippen LogP contribution in [0.25, 0.3) is 0 Å². The highest BCUT2D eigenvalue weighted by Crippen LogP contribution is 2.48. The molecule has 4 aliphatic rings. The molecular weight excluding hydrogens is 582 g/mol. The van der Waals surface area contributed by atoms with Crippen LogP contribution < -0.4 is 20.1 Å². The van der Waals surface area contributed by atoms with Gasteiger partial charge >= 0.3 is 0 Å². The molecule has 230 valence electrons. The van der Waals surface area contributed by atoms with Crippen LogP contribution in [-0.2, 0) is 16.1 Å². The van der Waals surface area contributed by atoms with Gasteiger partial charge in [-0.1, -0.05) is 54.6 Å². The number of halogens is 2. The zero-order chi connectivity index (χ0) is 30.7. The summed E-state index contributed by atoms with van der Waals surface area (Å²) in [6, 6.07) is 20.0. The molecular formula is C34H30F2N4O5. The summed E-state index contributed by atoms with van der Waals surface area (Å²) in [5.41, 5.74) is 2.92. The molecule has 8 rings (SSSR count). The summed E-state index contributed by atoms with van der Waals surface area (Å²) in [6.45, 7) is 1.97. The van der Waals surface area contributed by atoms with Crippen LogP contribution in [0, 0.1) is 11.6 Å². The molecule has 2 fully saturated rings. The van der Waals surface area contributed by atoms with Crippen molar-refractivity contribution >= 4 is 11.6 Å². The number of ether oxygens (including phenoxy) is 3. The molecule has 0 spiro atoms. The first-order valence-electron chi connectivity index (χ1n) is 15.0. The number of pyridine rings is 1. The van der Waals surface area contributed by atoms with Crippen molar-refractivity contribution in [3.63, 3.8) is 0 Å². The first kappa shape index (κ1) is 27.8. The third-order valence-electron chi connectivity index (χ3n) is 9.11. The predicted octanol–water partition coefficient (Wildman–Crippen LogP) is 4.14. The van der Waals surface area contributed by atoms with Gasteiger partial charge in [0.15, 0.2) is 23.1 Å². The molecule has 1 aromatic heterocycles. The fourth-order valence-electron chi connectivity index (χ4n) is 7.11. The Morgan fingerprint density at radius 2 is 1.58 bits per heavy atom. The van der Waals surface area contributed by atoms with Gasteiger partial charge in [-0.3, -0.25) is 19.3 Å². The van der Waals surface area contributed by atoms with Crippen LogP contribution in [-0.4, -0.2) is 61.2 Å². The summed E-state index contributed by atoms with van der Waals surface area (Å²) in [6.07, 6.45) is 0.939. The Morgan fingerprint density at radius 1 is 0.822 bits per heavy atom. The molecule has 1 amide bonds. The number of benzene rings is 3. The molecule has 3 unspecified atom stereocenters. The summed E-state index contributed by atoms with van der Waals surface area (Å²) in [5.74, 6) is -2.30. The van der Waals surface area contributed by atoms with E-state index in [4.69, 9.17) is 14.2 Å². The van der Waals surface area contributed by atoms with E-state index in [1.807, 2.05) is 59.6 Å². The highest BCUT2D eigenvalue weighted by Gasteiger charge is 2.48. The van der Waals surface area contributed by atoms with Gasteiger partial charge in [0, 0.05) is 42.2 Å². The third kappa shape index (κ3) is 4.40. The van der Waals surface area contributed by atoms with Crippen LogP contribution in [0.1, 0.15) is 44.8 Å². The molecule has 4 aliphatic heterocycles. The minimum atomic E-state index is -0.943.